The van der Waals surface area contributed by atoms with Crippen LogP contribution in [0.4, 0.5) is 0 Å². The first-order chi connectivity index (χ1) is 31.2. The molecule has 9 atom stereocenters. The van der Waals surface area contributed by atoms with Crippen LogP contribution in [-0.2, 0) is 14.3 Å². The second kappa shape index (κ2) is 43.4. The molecule has 0 bridgehead atoms. The number of hydrogen-bond donors (Lipinski definition) is 8. The van der Waals surface area contributed by atoms with Crippen LogP contribution in [0.5, 0.6) is 0 Å². The lowest BCUT2D eigenvalue weighted by atomic mass is 9.98. The van der Waals surface area contributed by atoms with Crippen LogP contribution < -0.4 is 5.32 Å². The minimum Gasteiger partial charge on any atom is -0.394 e. The standard InChI is InChI=1S/C53H105NO10/c1-3-5-7-9-11-13-15-17-19-20-21-22-23-24-25-26-27-29-30-32-34-36-38-40-45(56)48(58)44(43-63-53-51(61)50(60)49(59)47(42-55)64-53)54-52(62)46(57)41-39-37-35-33-31-28-18-16-14-12-10-8-6-4-2/h44-51,53,55-61H,3-43H2,1-2H3,(H,54,62). The maximum absolute atomic E-state index is 13.1. The Bertz CT molecular complexity index is 1010. The number of rotatable bonds is 47. The van der Waals surface area contributed by atoms with Gasteiger partial charge in [0, 0.05) is 0 Å². The maximum Gasteiger partial charge on any atom is 0.249 e. The molecule has 1 heterocycles. The van der Waals surface area contributed by atoms with E-state index in [4.69, 9.17) is 9.47 Å². The van der Waals surface area contributed by atoms with Gasteiger partial charge in [-0.15, -0.1) is 0 Å². The third-order valence-corrected chi connectivity index (χ3v) is 13.7. The van der Waals surface area contributed by atoms with Gasteiger partial charge in [-0.25, -0.2) is 0 Å². The Balaban J connectivity index is 2.31. The third-order valence-electron chi connectivity index (χ3n) is 13.7. The second-order valence-electron chi connectivity index (χ2n) is 19.7. The fourth-order valence-corrected chi connectivity index (χ4v) is 9.15. The third kappa shape index (κ3) is 32.0. The molecule has 0 radical (unpaired) electrons. The van der Waals surface area contributed by atoms with Gasteiger partial charge < -0.3 is 50.5 Å². The molecule has 8 N–H and O–H groups in total. The Kier molecular flexibility index (Phi) is 41.4. The first-order valence-electron chi connectivity index (χ1n) is 27.4. The highest BCUT2D eigenvalue weighted by atomic mass is 16.7. The first kappa shape index (κ1) is 61.1. The summed E-state index contributed by atoms with van der Waals surface area (Å²) in [6.07, 6.45) is 35.8. The van der Waals surface area contributed by atoms with Gasteiger partial charge >= 0.3 is 0 Å². The van der Waals surface area contributed by atoms with Gasteiger partial charge in [0.25, 0.3) is 0 Å². The molecule has 11 nitrogen and oxygen atoms in total. The van der Waals surface area contributed by atoms with Gasteiger partial charge in [0.2, 0.25) is 5.91 Å². The summed E-state index contributed by atoms with van der Waals surface area (Å²) < 4.78 is 11.1. The Morgan fingerprint density at radius 1 is 0.484 bits per heavy atom. The van der Waals surface area contributed by atoms with Crippen LogP contribution in [-0.4, -0.2) is 110 Å². The van der Waals surface area contributed by atoms with E-state index in [0.717, 1.165) is 38.5 Å². The van der Waals surface area contributed by atoms with Crippen molar-refractivity contribution in [3.8, 4) is 0 Å². The average molecular weight is 916 g/mol. The molecule has 64 heavy (non-hydrogen) atoms. The normalized spacial score (nSPS) is 20.9. The highest BCUT2D eigenvalue weighted by Crippen LogP contribution is 2.23. The molecule has 1 fully saturated rings. The molecule has 0 aromatic heterocycles. The SMILES string of the molecule is CCCCCCCCCCCCCCCCCCCCCCCCCC(O)C(O)C(COC1OC(CO)C(O)C(O)C1O)NC(=O)C(O)CCCCCCCCCCCCCCCC. The quantitative estimate of drug-likeness (QED) is 0.0273. The summed E-state index contributed by atoms with van der Waals surface area (Å²) in [5.74, 6) is -0.692. The van der Waals surface area contributed by atoms with E-state index in [0.29, 0.717) is 19.3 Å². The number of aliphatic hydroxyl groups is 7. The van der Waals surface area contributed by atoms with Crippen LogP contribution >= 0.6 is 0 Å². The van der Waals surface area contributed by atoms with E-state index >= 15 is 0 Å². The van der Waals surface area contributed by atoms with Crippen LogP contribution in [0.25, 0.3) is 0 Å². The number of unbranched alkanes of at least 4 members (excludes halogenated alkanes) is 35. The predicted octanol–water partition coefficient (Wildman–Crippen LogP) is 10.6. The highest BCUT2D eigenvalue weighted by Gasteiger charge is 2.44. The number of carbonyl (C=O) groups is 1. The zero-order valence-electron chi connectivity index (χ0n) is 41.5. The van der Waals surface area contributed by atoms with Crippen molar-refractivity contribution in [1.29, 1.82) is 0 Å². The van der Waals surface area contributed by atoms with E-state index in [1.165, 1.54) is 186 Å². The number of aliphatic hydroxyl groups excluding tert-OH is 7. The molecule has 382 valence electrons. The molecular weight excluding hydrogens is 811 g/mol. The number of nitrogens with one attached hydrogen (secondary N) is 1. The van der Waals surface area contributed by atoms with E-state index in [2.05, 4.69) is 19.2 Å². The molecule has 1 aliphatic rings. The highest BCUT2D eigenvalue weighted by molar-refractivity contribution is 5.80. The summed E-state index contributed by atoms with van der Waals surface area (Å²) in [5, 5.41) is 76.0. The van der Waals surface area contributed by atoms with Gasteiger partial charge in [-0.2, -0.15) is 0 Å². The van der Waals surface area contributed by atoms with E-state index in [9.17, 15) is 40.5 Å². The zero-order chi connectivity index (χ0) is 46.9. The molecular formula is C53H105NO10. The Labute approximate surface area is 392 Å². The van der Waals surface area contributed by atoms with Crippen LogP contribution in [0, 0.1) is 0 Å². The summed E-state index contributed by atoms with van der Waals surface area (Å²) in [6, 6.07) is -1.16. The number of hydrogen-bond acceptors (Lipinski definition) is 10. The van der Waals surface area contributed by atoms with E-state index in [1.54, 1.807) is 0 Å². The lowest BCUT2D eigenvalue weighted by Gasteiger charge is -2.40. The van der Waals surface area contributed by atoms with Crippen molar-refractivity contribution in [1.82, 2.24) is 5.32 Å². The van der Waals surface area contributed by atoms with Gasteiger partial charge in [-0.1, -0.05) is 251 Å². The van der Waals surface area contributed by atoms with E-state index in [-0.39, 0.29) is 6.42 Å². The molecule has 0 spiro atoms. The minimum atomic E-state index is -1.66. The second-order valence-corrected chi connectivity index (χ2v) is 19.7. The summed E-state index contributed by atoms with van der Waals surface area (Å²) in [6.45, 7) is 3.48. The predicted molar refractivity (Wildman–Crippen MR) is 261 cm³/mol. The molecule has 0 aromatic rings. The molecule has 1 rings (SSSR count). The Morgan fingerprint density at radius 2 is 0.812 bits per heavy atom. The minimum absolute atomic E-state index is 0.266. The topological polar surface area (TPSA) is 189 Å². The Hall–Kier alpha value is -0.890. The van der Waals surface area contributed by atoms with Gasteiger partial charge in [-0.05, 0) is 12.8 Å². The largest absolute Gasteiger partial charge is 0.394 e. The smallest absolute Gasteiger partial charge is 0.249 e. The van der Waals surface area contributed by atoms with E-state index in [1.807, 2.05) is 0 Å². The van der Waals surface area contributed by atoms with E-state index < -0.39 is 74.2 Å². The Morgan fingerprint density at radius 3 is 1.16 bits per heavy atom. The molecule has 0 aromatic carbocycles. The van der Waals surface area contributed by atoms with Crippen molar-refractivity contribution < 1.29 is 50.0 Å². The fourth-order valence-electron chi connectivity index (χ4n) is 9.15. The van der Waals surface area contributed by atoms with Crippen LogP contribution in [0.1, 0.15) is 264 Å². The van der Waals surface area contributed by atoms with Gasteiger partial charge in [0.1, 0.15) is 36.6 Å². The first-order valence-corrected chi connectivity index (χ1v) is 27.4. The molecule has 0 saturated carbocycles. The van der Waals surface area contributed by atoms with Gasteiger partial charge in [-0.3, -0.25) is 4.79 Å². The summed E-state index contributed by atoms with van der Waals surface area (Å²) in [7, 11) is 0. The number of amides is 1. The summed E-state index contributed by atoms with van der Waals surface area (Å²) >= 11 is 0. The fraction of sp³-hybridized carbons (Fsp3) is 0.981. The van der Waals surface area contributed by atoms with Crippen LogP contribution in [0.2, 0.25) is 0 Å². The van der Waals surface area contributed by atoms with Crippen molar-refractivity contribution in [2.75, 3.05) is 13.2 Å². The average Bonchev–Trinajstić information content (AvgIpc) is 3.29. The molecule has 9 unspecified atom stereocenters. The molecule has 11 heteroatoms. The lowest BCUT2D eigenvalue weighted by molar-refractivity contribution is -0.303. The monoisotopic (exact) mass is 916 g/mol. The van der Waals surface area contributed by atoms with Crippen molar-refractivity contribution >= 4 is 5.91 Å². The lowest BCUT2D eigenvalue weighted by Crippen LogP contribution is -2.60. The molecule has 0 aliphatic carbocycles. The number of ether oxygens (including phenoxy) is 2. The van der Waals surface area contributed by atoms with Gasteiger partial charge in [0.05, 0.1) is 25.4 Å². The van der Waals surface area contributed by atoms with Crippen molar-refractivity contribution in [3.63, 3.8) is 0 Å². The molecule has 1 amide bonds. The van der Waals surface area contributed by atoms with Crippen LogP contribution in [0.15, 0.2) is 0 Å². The van der Waals surface area contributed by atoms with Crippen molar-refractivity contribution in [2.45, 2.75) is 319 Å². The molecule has 1 saturated heterocycles. The number of carbonyl (C=O) groups excluding carboxylic acids is 1. The van der Waals surface area contributed by atoms with Crippen LogP contribution in [0.3, 0.4) is 0 Å². The van der Waals surface area contributed by atoms with Crippen molar-refractivity contribution in [3.05, 3.63) is 0 Å². The maximum atomic E-state index is 13.1. The van der Waals surface area contributed by atoms with Crippen molar-refractivity contribution in [2.24, 2.45) is 0 Å². The zero-order valence-corrected chi connectivity index (χ0v) is 41.5. The molecule has 1 aliphatic heterocycles. The van der Waals surface area contributed by atoms with Gasteiger partial charge in [0.15, 0.2) is 6.29 Å². The summed E-state index contributed by atoms with van der Waals surface area (Å²) in [4.78, 5) is 13.1. The summed E-state index contributed by atoms with van der Waals surface area (Å²) in [5.41, 5.74) is 0.